The van der Waals surface area contributed by atoms with Crippen molar-refractivity contribution in [3.8, 4) is 5.75 Å². The van der Waals surface area contributed by atoms with E-state index >= 15 is 0 Å². The highest BCUT2D eigenvalue weighted by Crippen LogP contribution is 2.25. The number of nitrogens with one attached hydrogen (secondary N) is 1. The molecule has 2 aromatic rings. The number of rotatable bonds is 8. The summed E-state index contributed by atoms with van der Waals surface area (Å²) >= 11 is 0. The molecule has 0 aliphatic carbocycles. The van der Waals surface area contributed by atoms with Crippen LogP contribution in [0.4, 0.5) is 0 Å². The molecule has 0 saturated heterocycles. The lowest BCUT2D eigenvalue weighted by Gasteiger charge is -2.15. The molecule has 0 unspecified atom stereocenters. The Morgan fingerprint density at radius 3 is 2.27 bits per heavy atom. The van der Waals surface area contributed by atoms with E-state index in [0.717, 1.165) is 11.1 Å². The molecule has 2 aromatic carbocycles. The molecule has 0 fully saturated rings. The molecular weight excluding hydrogens is 330 g/mol. The highest BCUT2D eigenvalue weighted by molar-refractivity contribution is 5.81. The lowest BCUT2D eigenvalue weighted by atomic mass is 10.0. The maximum absolute atomic E-state index is 11.9. The molecule has 0 saturated carbocycles. The molecule has 1 amide bonds. The largest absolute Gasteiger partial charge is 0.482 e. The zero-order chi connectivity index (χ0) is 18.9. The number of hydrogen-bond donors (Lipinski definition) is 1. The zero-order valence-corrected chi connectivity index (χ0v) is 15.4. The number of benzene rings is 2. The molecule has 0 bridgehead atoms. The van der Waals surface area contributed by atoms with E-state index < -0.39 is 5.97 Å². The van der Waals surface area contributed by atoms with Crippen LogP contribution in [-0.4, -0.2) is 25.1 Å². The summed E-state index contributed by atoms with van der Waals surface area (Å²) in [5.41, 5.74) is 2.01. The van der Waals surface area contributed by atoms with Gasteiger partial charge in [0.2, 0.25) is 0 Å². The average molecular weight is 355 g/mol. The molecule has 0 aliphatic heterocycles. The normalized spacial score (nSPS) is 11.7. The molecule has 0 radical (unpaired) electrons. The summed E-state index contributed by atoms with van der Waals surface area (Å²) in [6.45, 7) is 5.43. The summed E-state index contributed by atoms with van der Waals surface area (Å²) in [5.74, 6) is 0.0115. The maximum atomic E-state index is 11.9. The zero-order valence-electron chi connectivity index (χ0n) is 15.4. The molecule has 5 nitrogen and oxygen atoms in total. The van der Waals surface area contributed by atoms with Crippen molar-refractivity contribution in [3.05, 3.63) is 65.7 Å². The highest BCUT2D eigenvalue weighted by atomic mass is 16.6. The average Bonchev–Trinajstić information content (AvgIpc) is 2.65. The number of amides is 1. The first-order valence-electron chi connectivity index (χ1n) is 8.69. The van der Waals surface area contributed by atoms with Crippen LogP contribution in [0.1, 0.15) is 43.9 Å². The van der Waals surface area contributed by atoms with Crippen LogP contribution in [0.25, 0.3) is 0 Å². The summed E-state index contributed by atoms with van der Waals surface area (Å²) in [6.07, 6.45) is 0. The fourth-order valence-corrected chi connectivity index (χ4v) is 2.52. The van der Waals surface area contributed by atoms with Crippen LogP contribution in [0.15, 0.2) is 54.6 Å². The molecule has 138 valence electrons. The Morgan fingerprint density at radius 2 is 1.58 bits per heavy atom. The highest BCUT2D eigenvalue weighted by Gasteiger charge is 2.13. The Labute approximate surface area is 154 Å². The van der Waals surface area contributed by atoms with E-state index in [1.165, 1.54) is 0 Å². The molecule has 26 heavy (non-hydrogen) atoms. The number of para-hydroxylation sites is 1. The predicted molar refractivity (Wildman–Crippen MR) is 100.0 cm³/mol. The van der Waals surface area contributed by atoms with Gasteiger partial charge in [-0.15, -0.1) is 0 Å². The fraction of sp³-hybridized carbons (Fsp3) is 0.333. The summed E-state index contributed by atoms with van der Waals surface area (Å²) in [6, 6.07) is 17.0. The van der Waals surface area contributed by atoms with Crippen LogP contribution < -0.4 is 10.1 Å². The van der Waals surface area contributed by atoms with Gasteiger partial charge in [-0.05, 0) is 30.0 Å². The number of carbonyl (C=O) groups is 2. The smallest absolute Gasteiger partial charge is 0.344 e. The van der Waals surface area contributed by atoms with Gasteiger partial charge in [0.25, 0.3) is 5.91 Å². The standard InChI is InChI=1S/C21H25NO4/c1-15(2)18-11-7-8-12-19(18)25-14-21(24)26-13-20(23)22-16(3)17-9-5-4-6-10-17/h4-12,15-16H,13-14H2,1-3H3,(H,22,23)/t16-/m1/s1. The first kappa shape index (κ1) is 19.5. The van der Waals surface area contributed by atoms with E-state index in [1.807, 2.05) is 61.5 Å². The second-order valence-corrected chi connectivity index (χ2v) is 6.34. The van der Waals surface area contributed by atoms with Crippen molar-refractivity contribution in [1.29, 1.82) is 0 Å². The van der Waals surface area contributed by atoms with E-state index in [0.29, 0.717) is 5.75 Å². The molecule has 0 aromatic heterocycles. The van der Waals surface area contributed by atoms with Gasteiger partial charge < -0.3 is 14.8 Å². The Hall–Kier alpha value is -2.82. The Bertz CT molecular complexity index is 728. The number of carbonyl (C=O) groups excluding carboxylic acids is 2. The van der Waals surface area contributed by atoms with Crippen molar-refractivity contribution < 1.29 is 19.1 Å². The molecule has 0 spiro atoms. The van der Waals surface area contributed by atoms with Crippen LogP contribution in [0.3, 0.4) is 0 Å². The first-order valence-corrected chi connectivity index (χ1v) is 8.69. The van der Waals surface area contributed by atoms with E-state index in [2.05, 4.69) is 19.2 Å². The van der Waals surface area contributed by atoms with Gasteiger partial charge in [0.1, 0.15) is 5.75 Å². The van der Waals surface area contributed by atoms with Crippen molar-refractivity contribution in [1.82, 2.24) is 5.32 Å². The van der Waals surface area contributed by atoms with Gasteiger partial charge in [-0.2, -0.15) is 0 Å². The number of hydrogen-bond acceptors (Lipinski definition) is 4. The third-order valence-electron chi connectivity index (χ3n) is 3.93. The number of ether oxygens (including phenoxy) is 2. The summed E-state index contributed by atoms with van der Waals surface area (Å²) in [4.78, 5) is 23.8. The second-order valence-electron chi connectivity index (χ2n) is 6.34. The van der Waals surface area contributed by atoms with Gasteiger partial charge in [0.15, 0.2) is 13.2 Å². The maximum Gasteiger partial charge on any atom is 0.344 e. The third-order valence-corrected chi connectivity index (χ3v) is 3.93. The van der Waals surface area contributed by atoms with Crippen molar-refractivity contribution in [2.24, 2.45) is 0 Å². The van der Waals surface area contributed by atoms with Crippen molar-refractivity contribution in [2.45, 2.75) is 32.7 Å². The van der Waals surface area contributed by atoms with Crippen LogP contribution in [-0.2, 0) is 14.3 Å². The van der Waals surface area contributed by atoms with Crippen molar-refractivity contribution in [2.75, 3.05) is 13.2 Å². The van der Waals surface area contributed by atoms with Crippen LogP contribution in [0.2, 0.25) is 0 Å². The van der Waals surface area contributed by atoms with Gasteiger partial charge in [-0.3, -0.25) is 4.79 Å². The van der Waals surface area contributed by atoms with Gasteiger partial charge >= 0.3 is 5.97 Å². The molecule has 5 heteroatoms. The summed E-state index contributed by atoms with van der Waals surface area (Å²) < 4.78 is 10.5. The van der Waals surface area contributed by atoms with Gasteiger partial charge in [-0.1, -0.05) is 62.4 Å². The monoisotopic (exact) mass is 355 g/mol. The molecule has 1 atom stereocenters. The van der Waals surface area contributed by atoms with Crippen LogP contribution in [0.5, 0.6) is 5.75 Å². The van der Waals surface area contributed by atoms with E-state index in [-0.39, 0.29) is 31.1 Å². The van der Waals surface area contributed by atoms with Crippen molar-refractivity contribution in [3.63, 3.8) is 0 Å². The third kappa shape index (κ3) is 5.92. The number of esters is 1. The van der Waals surface area contributed by atoms with Crippen molar-refractivity contribution >= 4 is 11.9 Å². The SMILES string of the molecule is CC(C)c1ccccc1OCC(=O)OCC(=O)N[C@H](C)c1ccccc1. The van der Waals surface area contributed by atoms with Gasteiger partial charge in [0.05, 0.1) is 6.04 Å². The van der Waals surface area contributed by atoms with Crippen LogP contribution in [0, 0.1) is 0 Å². The minimum absolute atomic E-state index is 0.156. The van der Waals surface area contributed by atoms with Crippen LogP contribution >= 0.6 is 0 Å². The topological polar surface area (TPSA) is 64.6 Å². The minimum atomic E-state index is -0.578. The van der Waals surface area contributed by atoms with E-state index in [9.17, 15) is 9.59 Å². The summed E-state index contributed by atoms with van der Waals surface area (Å²) in [7, 11) is 0. The summed E-state index contributed by atoms with van der Waals surface area (Å²) in [5, 5.41) is 2.79. The Morgan fingerprint density at radius 1 is 0.923 bits per heavy atom. The lowest BCUT2D eigenvalue weighted by Crippen LogP contribution is -2.31. The molecule has 0 heterocycles. The Balaban J connectivity index is 1.76. The van der Waals surface area contributed by atoms with Gasteiger partial charge in [0, 0.05) is 0 Å². The fourth-order valence-electron chi connectivity index (χ4n) is 2.52. The minimum Gasteiger partial charge on any atom is -0.482 e. The van der Waals surface area contributed by atoms with E-state index in [1.54, 1.807) is 0 Å². The van der Waals surface area contributed by atoms with Gasteiger partial charge in [-0.25, -0.2) is 4.79 Å². The molecular formula is C21H25NO4. The van der Waals surface area contributed by atoms with E-state index in [4.69, 9.17) is 9.47 Å². The second kappa shape index (κ2) is 9.61. The molecule has 1 N–H and O–H groups in total. The molecule has 0 aliphatic rings. The quantitative estimate of drug-likeness (QED) is 0.735. The lowest BCUT2D eigenvalue weighted by molar-refractivity contribution is -0.150. The Kier molecular flexibility index (Phi) is 7.21. The first-order chi connectivity index (χ1) is 12.5. The predicted octanol–water partition coefficient (Wildman–Crippen LogP) is 3.61. The molecule has 2 rings (SSSR count).